The summed E-state index contributed by atoms with van der Waals surface area (Å²) >= 11 is 0. The maximum Gasteiger partial charge on any atom is 0.259 e. The molecule has 2 aromatic carbocycles. The van der Waals surface area contributed by atoms with Gasteiger partial charge in [-0.15, -0.1) is 0 Å². The predicted octanol–water partition coefficient (Wildman–Crippen LogP) is 3.07. The second-order valence-corrected chi connectivity index (χ2v) is 7.15. The van der Waals surface area contributed by atoms with Crippen LogP contribution in [0.4, 0.5) is 0 Å². The van der Waals surface area contributed by atoms with Crippen LogP contribution in [0, 0.1) is 6.92 Å². The van der Waals surface area contributed by atoms with Crippen LogP contribution in [0.2, 0.25) is 0 Å². The molecule has 0 aliphatic heterocycles. The van der Waals surface area contributed by atoms with Gasteiger partial charge in [0.25, 0.3) is 5.91 Å². The van der Waals surface area contributed by atoms with E-state index in [1.165, 1.54) is 4.90 Å². The van der Waals surface area contributed by atoms with Crippen LogP contribution in [0.1, 0.15) is 16.9 Å². The zero-order valence-electron chi connectivity index (χ0n) is 17.9. The number of benzene rings is 2. The number of amides is 1. The first-order valence-electron chi connectivity index (χ1n) is 9.81. The van der Waals surface area contributed by atoms with E-state index in [4.69, 9.17) is 9.15 Å². The first kappa shape index (κ1) is 21.2. The number of nitrogens with zero attached hydrogens (tertiary/aromatic N) is 2. The van der Waals surface area contributed by atoms with Gasteiger partial charge in [0, 0.05) is 38.6 Å². The van der Waals surface area contributed by atoms with Gasteiger partial charge in [0.1, 0.15) is 17.1 Å². The SMILES string of the molecule is CN=C(NCc1cccc(OCC(=O)N(C)C)c1)NCc1oc2ccccc2c1C. The molecule has 0 atom stereocenters. The van der Waals surface area contributed by atoms with Gasteiger partial charge in [-0.05, 0) is 30.7 Å². The normalized spacial score (nSPS) is 11.4. The predicted molar refractivity (Wildman–Crippen MR) is 119 cm³/mol. The first-order chi connectivity index (χ1) is 14.5. The highest BCUT2D eigenvalue weighted by molar-refractivity contribution is 5.83. The van der Waals surface area contributed by atoms with Crippen LogP contribution < -0.4 is 15.4 Å². The average molecular weight is 409 g/mol. The zero-order chi connectivity index (χ0) is 21.5. The highest BCUT2D eigenvalue weighted by Crippen LogP contribution is 2.24. The monoisotopic (exact) mass is 408 g/mol. The molecule has 0 bridgehead atoms. The Hall–Kier alpha value is -3.48. The van der Waals surface area contributed by atoms with Crippen molar-refractivity contribution in [3.8, 4) is 5.75 Å². The number of rotatable bonds is 7. The average Bonchev–Trinajstić information content (AvgIpc) is 3.08. The molecule has 1 aromatic heterocycles. The smallest absolute Gasteiger partial charge is 0.259 e. The van der Waals surface area contributed by atoms with E-state index in [2.05, 4.69) is 28.6 Å². The zero-order valence-corrected chi connectivity index (χ0v) is 17.9. The summed E-state index contributed by atoms with van der Waals surface area (Å²) in [5, 5.41) is 7.70. The van der Waals surface area contributed by atoms with Gasteiger partial charge in [0.15, 0.2) is 12.6 Å². The number of furan rings is 1. The maximum absolute atomic E-state index is 11.7. The van der Waals surface area contributed by atoms with E-state index >= 15 is 0 Å². The molecule has 0 spiro atoms. The second kappa shape index (κ2) is 9.82. The number of likely N-dealkylation sites (N-methyl/N-ethyl adjacent to an activating group) is 1. The molecule has 1 heterocycles. The number of hydrogen-bond acceptors (Lipinski definition) is 4. The van der Waals surface area contributed by atoms with Crippen molar-refractivity contribution in [1.82, 2.24) is 15.5 Å². The minimum Gasteiger partial charge on any atom is -0.484 e. The Morgan fingerprint density at radius 2 is 1.87 bits per heavy atom. The van der Waals surface area contributed by atoms with Crippen LogP contribution in [0.3, 0.4) is 0 Å². The molecule has 7 nitrogen and oxygen atoms in total. The van der Waals surface area contributed by atoms with Crippen LogP contribution in [0.25, 0.3) is 11.0 Å². The van der Waals surface area contributed by atoms with Gasteiger partial charge in [-0.2, -0.15) is 0 Å². The van der Waals surface area contributed by atoms with Crippen LogP contribution >= 0.6 is 0 Å². The van der Waals surface area contributed by atoms with Gasteiger partial charge in [-0.1, -0.05) is 30.3 Å². The van der Waals surface area contributed by atoms with Crippen molar-refractivity contribution < 1.29 is 13.9 Å². The Morgan fingerprint density at radius 1 is 1.10 bits per heavy atom. The summed E-state index contributed by atoms with van der Waals surface area (Å²) in [4.78, 5) is 17.5. The van der Waals surface area contributed by atoms with E-state index in [0.29, 0.717) is 24.8 Å². The molecule has 3 aromatic rings. The Bertz CT molecular complexity index is 1040. The third kappa shape index (κ3) is 5.31. The minimum absolute atomic E-state index is 0.0178. The van der Waals surface area contributed by atoms with Crippen molar-refractivity contribution in [2.24, 2.45) is 4.99 Å². The van der Waals surface area contributed by atoms with Gasteiger partial charge in [-0.25, -0.2) is 0 Å². The van der Waals surface area contributed by atoms with Crippen molar-refractivity contribution in [3.63, 3.8) is 0 Å². The van der Waals surface area contributed by atoms with Gasteiger partial charge in [0.05, 0.1) is 6.54 Å². The molecule has 1 amide bonds. The van der Waals surface area contributed by atoms with Gasteiger partial charge in [-0.3, -0.25) is 9.79 Å². The number of nitrogens with one attached hydrogen (secondary N) is 2. The molecule has 7 heteroatoms. The Kier molecular flexibility index (Phi) is 6.95. The molecule has 0 fully saturated rings. The summed E-state index contributed by atoms with van der Waals surface area (Å²) in [5.74, 6) is 2.14. The number of carbonyl (C=O) groups excluding carboxylic acids is 1. The molecule has 0 unspecified atom stereocenters. The van der Waals surface area contributed by atoms with E-state index < -0.39 is 0 Å². The molecule has 0 radical (unpaired) electrons. The molecule has 0 aliphatic rings. The Morgan fingerprint density at radius 3 is 2.60 bits per heavy atom. The molecule has 0 saturated carbocycles. The number of fused-ring (bicyclic) bond motifs is 1. The summed E-state index contributed by atoms with van der Waals surface area (Å²) in [7, 11) is 5.14. The highest BCUT2D eigenvalue weighted by Gasteiger charge is 2.10. The molecule has 0 saturated heterocycles. The summed E-state index contributed by atoms with van der Waals surface area (Å²) in [6.45, 7) is 3.18. The quantitative estimate of drug-likeness (QED) is 0.464. The molecule has 3 rings (SSSR count). The number of ether oxygens (including phenoxy) is 1. The van der Waals surface area contributed by atoms with Gasteiger partial charge in [0.2, 0.25) is 0 Å². The van der Waals surface area contributed by atoms with Crippen LogP contribution in [-0.4, -0.2) is 44.5 Å². The second-order valence-electron chi connectivity index (χ2n) is 7.15. The maximum atomic E-state index is 11.7. The number of para-hydroxylation sites is 1. The third-order valence-corrected chi connectivity index (χ3v) is 4.80. The molecular formula is C23H28N4O3. The van der Waals surface area contributed by atoms with E-state index in [-0.39, 0.29) is 12.5 Å². The summed E-state index contributed by atoms with van der Waals surface area (Å²) < 4.78 is 11.5. The lowest BCUT2D eigenvalue weighted by Crippen LogP contribution is -2.36. The number of carbonyl (C=O) groups is 1. The topological polar surface area (TPSA) is 79.1 Å². The fraction of sp³-hybridized carbons (Fsp3) is 0.304. The minimum atomic E-state index is -0.0796. The summed E-state index contributed by atoms with van der Waals surface area (Å²) in [6, 6.07) is 15.7. The van der Waals surface area contributed by atoms with Crippen molar-refractivity contribution >= 4 is 22.8 Å². The fourth-order valence-electron chi connectivity index (χ4n) is 2.98. The van der Waals surface area contributed by atoms with E-state index in [0.717, 1.165) is 27.9 Å². The van der Waals surface area contributed by atoms with Gasteiger partial charge < -0.3 is 24.7 Å². The van der Waals surface area contributed by atoms with E-state index in [1.807, 2.05) is 42.5 Å². The number of aryl methyl sites for hydroxylation is 1. The number of hydrogen-bond donors (Lipinski definition) is 2. The first-order valence-corrected chi connectivity index (χ1v) is 9.81. The van der Waals surface area contributed by atoms with Crippen molar-refractivity contribution in [1.29, 1.82) is 0 Å². The standard InChI is InChI=1S/C23H28N4O3/c1-16-19-10-5-6-11-20(19)30-21(16)14-26-23(24-2)25-13-17-8-7-9-18(12-17)29-15-22(28)27(3)4/h5-12H,13-15H2,1-4H3,(H2,24,25,26). The molecule has 158 valence electrons. The summed E-state index contributed by atoms with van der Waals surface area (Å²) in [6.07, 6.45) is 0. The Balaban J connectivity index is 1.54. The van der Waals surface area contributed by atoms with Crippen LogP contribution in [0.15, 0.2) is 57.9 Å². The summed E-state index contributed by atoms with van der Waals surface area (Å²) in [5.41, 5.74) is 3.04. The lowest BCUT2D eigenvalue weighted by atomic mass is 10.1. The molecule has 30 heavy (non-hydrogen) atoms. The van der Waals surface area contributed by atoms with E-state index in [9.17, 15) is 4.79 Å². The van der Waals surface area contributed by atoms with Crippen LogP contribution in [0.5, 0.6) is 5.75 Å². The van der Waals surface area contributed by atoms with Crippen molar-refractivity contribution in [2.75, 3.05) is 27.7 Å². The van der Waals surface area contributed by atoms with Crippen molar-refractivity contribution in [2.45, 2.75) is 20.0 Å². The van der Waals surface area contributed by atoms with Crippen molar-refractivity contribution in [3.05, 3.63) is 65.4 Å². The van der Waals surface area contributed by atoms with Gasteiger partial charge >= 0.3 is 0 Å². The number of aliphatic imine (C=N–C) groups is 1. The molecule has 0 aliphatic carbocycles. The van der Waals surface area contributed by atoms with E-state index in [1.54, 1.807) is 21.1 Å². The number of guanidine groups is 1. The Labute approximate surface area is 176 Å². The lowest BCUT2D eigenvalue weighted by molar-refractivity contribution is -0.130. The largest absolute Gasteiger partial charge is 0.484 e. The lowest BCUT2D eigenvalue weighted by Gasteiger charge is -2.13. The highest BCUT2D eigenvalue weighted by atomic mass is 16.5. The molecular weight excluding hydrogens is 380 g/mol. The third-order valence-electron chi connectivity index (χ3n) is 4.80. The van der Waals surface area contributed by atoms with Crippen LogP contribution in [-0.2, 0) is 17.9 Å². The fourth-order valence-corrected chi connectivity index (χ4v) is 2.98. The molecule has 2 N–H and O–H groups in total.